The molecule has 23 heavy (non-hydrogen) atoms. The molecule has 2 aromatic heterocycles. The van der Waals surface area contributed by atoms with Crippen molar-refractivity contribution in [3.05, 3.63) is 41.9 Å². The lowest BCUT2D eigenvalue weighted by atomic mass is 10.0. The zero-order valence-corrected chi connectivity index (χ0v) is 12.9. The molecule has 0 N–H and O–H groups in total. The van der Waals surface area contributed by atoms with Crippen molar-refractivity contribution in [3.8, 4) is 11.1 Å². The lowest BCUT2D eigenvalue weighted by Crippen LogP contribution is -2.37. The molecule has 2 saturated heterocycles. The van der Waals surface area contributed by atoms with Gasteiger partial charge in [0.1, 0.15) is 5.82 Å². The number of aliphatic imine (C=N–C) groups is 1. The monoisotopic (exact) mass is 306 g/mol. The summed E-state index contributed by atoms with van der Waals surface area (Å²) in [7, 11) is 0. The lowest BCUT2D eigenvalue weighted by molar-refractivity contribution is 0.0989. The zero-order chi connectivity index (χ0) is 15.2. The molecule has 0 spiro atoms. The van der Waals surface area contributed by atoms with Gasteiger partial charge in [0.25, 0.3) is 0 Å². The van der Waals surface area contributed by atoms with Gasteiger partial charge >= 0.3 is 0 Å². The van der Waals surface area contributed by atoms with Gasteiger partial charge in [-0.25, -0.2) is 4.98 Å². The Morgan fingerprint density at radius 2 is 2.09 bits per heavy atom. The molecule has 3 aliphatic rings. The Hall–Kier alpha value is -2.27. The Bertz CT molecular complexity index is 771. The largest absolute Gasteiger partial charge is 0.374 e. The maximum absolute atomic E-state index is 5.66. The Labute approximate surface area is 135 Å². The van der Waals surface area contributed by atoms with Crippen molar-refractivity contribution in [3.63, 3.8) is 0 Å². The predicted octanol–water partition coefficient (Wildman–Crippen LogP) is 2.10. The van der Waals surface area contributed by atoms with Gasteiger partial charge in [0, 0.05) is 54.8 Å². The van der Waals surface area contributed by atoms with Crippen LogP contribution in [0.1, 0.15) is 17.7 Å². The van der Waals surface area contributed by atoms with Gasteiger partial charge in [-0.1, -0.05) is 0 Å². The van der Waals surface area contributed by atoms with Crippen molar-refractivity contribution in [2.24, 2.45) is 4.99 Å². The molecule has 2 bridgehead atoms. The third kappa shape index (κ3) is 2.23. The van der Waals surface area contributed by atoms with Crippen LogP contribution >= 0.6 is 0 Å². The van der Waals surface area contributed by atoms with Crippen molar-refractivity contribution < 1.29 is 4.74 Å². The number of morpholine rings is 1. The zero-order valence-electron chi connectivity index (χ0n) is 12.9. The molecule has 5 heterocycles. The van der Waals surface area contributed by atoms with Gasteiger partial charge in [0.05, 0.1) is 24.4 Å². The van der Waals surface area contributed by atoms with Crippen LogP contribution in [0.2, 0.25) is 0 Å². The van der Waals surface area contributed by atoms with Gasteiger partial charge in [0.15, 0.2) is 0 Å². The van der Waals surface area contributed by atoms with E-state index in [2.05, 4.69) is 38.1 Å². The highest BCUT2D eigenvalue weighted by molar-refractivity contribution is 5.84. The second-order valence-electron chi connectivity index (χ2n) is 6.45. The molecule has 2 aromatic rings. The van der Waals surface area contributed by atoms with Gasteiger partial charge < -0.3 is 9.64 Å². The summed E-state index contributed by atoms with van der Waals surface area (Å²) >= 11 is 0. The highest BCUT2D eigenvalue weighted by atomic mass is 16.5. The Morgan fingerprint density at radius 3 is 2.87 bits per heavy atom. The fourth-order valence-electron chi connectivity index (χ4n) is 3.73. The topological polar surface area (TPSA) is 50.6 Å². The maximum Gasteiger partial charge on any atom is 0.128 e. The first-order valence-electron chi connectivity index (χ1n) is 8.20. The molecule has 116 valence electrons. The van der Waals surface area contributed by atoms with Crippen molar-refractivity contribution in [2.75, 3.05) is 24.6 Å². The molecule has 5 nitrogen and oxygen atoms in total. The summed E-state index contributed by atoms with van der Waals surface area (Å²) in [5.41, 5.74) is 4.47. The van der Waals surface area contributed by atoms with E-state index in [-0.39, 0.29) is 0 Å². The van der Waals surface area contributed by atoms with Crippen LogP contribution in [0.5, 0.6) is 0 Å². The number of rotatable bonds is 2. The van der Waals surface area contributed by atoms with Gasteiger partial charge in [-0.05, 0) is 24.6 Å². The van der Waals surface area contributed by atoms with Crippen LogP contribution in [0, 0.1) is 0 Å². The molecule has 0 aromatic carbocycles. The summed E-state index contributed by atoms with van der Waals surface area (Å²) in [6.45, 7) is 2.65. The first kappa shape index (κ1) is 13.2. The van der Waals surface area contributed by atoms with Crippen LogP contribution in [0.4, 0.5) is 5.82 Å². The van der Waals surface area contributed by atoms with Gasteiger partial charge in [-0.2, -0.15) is 0 Å². The van der Waals surface area contributed by atoms with Crippen LogP contribution in [0.25, 0.3) is 11.1 Å². The van der Waals surface area contributed by atoms with Crippen molar-refractivity contribution in [2.45, 2.75) is 25.0 Å². The van der Waals surface area contributed by atoms with Gasteiger partial charge in [-0.3, -0.25) is 9.98 Å². The Morgan fingerprint density at radius 1 is 1.13 bits per heavy atom. The first-order chi connectivity index (χ1) is 11.4. The summed E-state index contributed by atoms with van der Waals surface area (Å²) in [6, 6.07) is 6.91. The highest BCUT2D eigenvalue weighted by Crippen LogP contribution is 2.32. The molecule has 0 amide bonds. The molecule has 2 unspecified atom stereocenters. The van der Waals surface area contributed by atoms with E-state index in [0.29, 0.717) is 12.1 Å². The lowest BCUT2D eigenvalue weighted by Gasteiger charge is -2.27. The summed E-state index contributed by atoms with van der Waals surface area (Å²) in [5.74, 6) is 1.05. The van der Waals surface area contributed by atoms with E-state index < -0.39 is 0 Å². The minimum atomic E-state index is 0.394. The third-order valence-electron chi connectivity index (χ3n) is 4.99. The molecule has 5 heteroatoms. The van der Waals surface area contributed by atoms with Crippen LogP contribution in [0.15, 0.2) is 35.6 Å². The number of hydrogen-bond acceptors (Lipinski definition) is 5. The normalized spacial score (nSPS) is 25.0. The maximum atomic E-state index is 5.66. The SMILES string of the molecule is C1=NCCc2ncc(-c3ccc(N4CC5CC4CO5)nc3)cc21. The predicted molar refractivity (Wildman–Crippen MR) is 89.1 cm³/mol. The molecule has 2 atom stereocenters. The summed E-state index contributed by atoms with van der Waals surface area (Å²) in [5, 5.41) is 0. The second-order valence-corrected chi connectivity index (χ2v) is 6.45. The molecular weight excluding hydrogens is 288 g/mol. The molecule has 0 saturated carbocycles. The van der Waals surface area contributed by atoms with Gasteiger partial charge in [0.2, 0.25) is 0 Å². The second kappa shape index (κ2) is 5.13. The number of pyridine rings is 2. The van der Waals surface area contributed by atoms with E-state index >= 15 is 0 Å². The van der Waals surface area contributed by atoms with E-state index in [9.17, 15) is 0 Å². The molecule has 0 aliphatic carbocycles. The van der Waals surface area contributed by atoms with Crippen molar-refractivity contribution in [1.29, 1.82) is 0 Å². The average Bonchev–Trinajstić information content (AvgIpc) is 3.25. The molecule has 5 rings (SSSR count). The first-order valence-corrected chi connectivity index (χ1v) is 8.20. The quantitative estimate of drug-likeness (QED) is 0.852. The minimum Gasteiger partial charge on any atom is -0.374 e. The summed E-state index contributed by atoms with van der Waals surface area (Å²) < 4.78 is 5.66. The average molecular weight is 306 g/mol. The Balaban J connectivity index is 1.43. The standard InChI is InChI=1S/C18H18N4O/c1-2-18(22-10-16-6-15(22)11-23-16)21-8-12(1)13-5-14-7-19-4-3-17(14)20-9-13/h1-2,5,7-9,15-16H,3-4,6,10-11H2. The number of nitrogens with zero attached hydrogens (tertiary/aromatic N) is 4. The van der Waals surface area contributed by atoms with E-state index in [4.69, 9.17) is 4.74 Å². The van der Waals surface area contributed by atoms with Crippen LogP contribution in [0.3, 0.4) is 0 Å². The van der Waals surface area contributed by atoms with Crippen molar-refractivity contribution >= 4 is 12.0 Å². The number of fused-ring (bicyclic) bond motifs is 3. The van der Waals surface area contributed by atoms with Crippen LogP contribution in [-0.2, 0) is 11.2 Å². The number of ether oxygens (including phenoxy) is 1. The van der Waals surface area contributed by atoms with Crippen LogP contribution in [-0.4, -0.2) is 48.0 Å². The van der Waals surface area contributed by atoms with E-state index in [1.54, 1.807) is 0 Å². The highest BCUT2D eigenvalue weighted by Gasteiger charge is 2.39. The summed E-state index contributed by atoms with van der Waals surface area (Å²) in [6.07, 6.45) is 8.29. The molecule has 2 fully saturated rings. The molecular formula is C18H18N4O. The number of aromatic nitrogens is 2. The number of anilines is 1. The van der Waals surface area contributed by atoms with E-state index in [1.165, 1.54) is 0 Å². The fraction of sp³-hybridized carbons (Fsp3) is 0.389. The molecule has 0 radical (unpaired) electrons. The van der Waals surface area contributed by atoms with E-state index in [1.807, 2.05) is 18.6 Å². The van der Waals surface area contributed by atoms with Crippen molar-refractivity contribution in [1.82, 2.24) is 9.97 Å². The van der Waals surface area contributed by atoms with Crippen LogP contribution < -0.4 is 4.90 Å². The Kier molecular flexibility index (Phi) is 2.94. The third-order valence-corrected chi connectivity index (χ3v) is 4.99. The number of hydrogen-bond donors (Lipinski definition) is 0. The molecule has 3 aliphatic heterocycles. The van der Waals surface area contributed by atoms with Gasteiger partial charge in [-0.15, -0.1) is 0 Å². The van der Waals surface area contributed by atoms with E-state index in [0.717, 1.165) is 60.7 Å². The fourth-order valence-corrected chi connectivity index (χ4v) is 3.73. The smallest absolute Gasteiger partial charge is 0.128 e. The minimum absolute atomic E-state index is 0.394. The summed E-state index contributed by atoms with van der Waals surface area (Å²) in [4.78, 5) is 16.0.